The summed E-state index contributed by atoms with van der Waals surface area (Å²) in [5.74, 6) is 5.28. The third kappa shape index (κ3) is 2.47. The molecule has 0 saturated carbocycles. The van der Waals surface area contributed by atoms with Gasteiger partial charge in [-0.1, -0.05) is 12.1 Å². The Kier molecular flexibility index (Phi) is 4.11. The number of hydrogen-bond acceptors (Lipinski definition) is 4. The Balaban J connectivity index is 2.52. The fraction of sp³-hybridized carbons (Fsp3) is 0.250. The minimum Gasteiger partial charge on any atom is -0.271 e. The van der Waals surface area contributed by atoms with Gasteiger partial charge in [0.15, 0.2) is 0 Å². The average Bonchev–Trinajstić information content (AvgIpc) is 2.65. The maximum absolute atomic E-state index is 14.1. The zero-order valence-corrected chi connectivity index (χ0v) is 12.4. The molecule has 3 nitrogen and oxygen atoms in total. The second-order valence-corrected chi connectivity index (χ2v) is 6.01. The summed E-state index contributed by atoms with van der Waals surface area (Å²) in [5.41, 5.74) is 4.05. The summed E-state index contributed by atoms with van der Waals surface area (Å²) in [6, 6.07) is 4.79. The van der Waals surface area contributed by atoms with Gasteiger partial charge in [0.2, 0.25) is 0 Å². The van der Waals surface area contributed by atoms with Gasteiger partial charge in [0.25, 0.3) is 0 Å². The monoisotopic (exact) mass is 329 g/mol. The van der Waals surface area contributed by atoms with E-state index in [2.05, 4.69) is 26.3 Å². The highest BCUT2D eigenvalue weighted by molar-refractivity contribution is 9.10. The lowest BCUT2D eigenvalue weighted by Crippen LogP contribution is -2.29. The molecule has 0 aliphatic carbocycles. The van der Waals surface area contributed by atoms with E-state index in [4.69, 9.17) is 5.84 Å². The first-order valence-electron chi connectivity index (χ1n) is 5.38. The maximum Gasteiger partial charge on any atom is 0.142 e. The molecule has 1 aromatic carbocycles. The van der Waals surface area contributed by atoms with Gasteiger partial charge in [-0.3, -0.25) is 5.84 Å². The summed E-state index contributed by atoms with van der Waals surface area (Å²) < 4.78 is 14.5. The molecule has 0 saturated heterocycles. The van der Waals surface area contributed by atoms with Crippen LogP contribution in [-0.2, 0) is 0 Å². The van der Waals surface area contributed by atoms with Crippen LogP contribution < -0.4 is 11.3 Å². The number of thiazole rings is 1. The highest BCUT2D eigenvalue weighted by atomic mass is 79.9. The second-order valence-electron chi connectivity index (χ2n) is 3.93. The molecule has 0 aliphatic rings. The molecule has 2 aromatic rings. The molecule has 0 spiro atoms. The summed E-state index contributed by atoms with van der Waals surface area (Å²) in [6.07, 6.45) is 0. The molecule has 1 atom stereocenters. The van der Waals surface area contributed by atoms with Crippen LogP contribution in [0.5, 0.6) is 0 Å². The summed E-state index contributed by atoms with van der Waals surface area (Å²) in [7, 11) is 0. The Morgan fingerprint density at radius 2 is 2.17 bits per heavy atom. The summed E-state index contributed by atoms with van der Waals surface area (Å²) in [4.78, 5) is 5.28. The van der Waals surface area contributed by atoms with Gasteiger partial charge < -0.3 is 0 Å². The van der Waals surface area contributed by atoms with Gasteiger partial charge in [0.05, 0.1) is 26.1 Å². The number of benzene rings is 1. The molecule has 1 heterocycles. The van der Waals surface area contributed by atoms with E-state index < -0.39 is 0 Å². The Bertz CT molecular complexity index is 570. The van der Waals surface area contributed by atoms with E-state index in [1.807, 2.05) is 13.8 Å². The number of rotatable bonds is 3. The van der Waals surface area contributed by atoms with Crippen LogP contribution in [0.4, 0.5) is 4.39 Å². The molecule has 18 heavy (non-hydrogen) atoms. The number of nitrogens with zero attached hydrogens (tertiary/aromatic N) is 1. The average molecular weight is 330 g/mol. The van der Waals surface area contributed by atoms with Gasteiger partial charge >= 0.3 is 0 Å². The van der Waals surface area contributed by atoms with Crippen LogP contribution in [-0.4, -0.2) is 4.98 Å². The molecule has 0 radical (unpaired) electrons. The fourth-order valence-electron chi connectivity index (χ4n) is 1.87. The van der Waals surface area contributed by atoms with Crippen LogP contribution in [0, 0.1) is 19.7 Å². The number of nitrogens with one attached hydrogen (secondary N) is 1. The van der Waals surface area contributed by atoms with E-state index in [-0.39, 0.29) is 11.9 Å². The third-order valence-corrected chi connectivity index (χ3v) is 4.41. The minimum absolute atomic E-state index is 0.300. The van der Waals surface area contributed by atoms with E-state index in [0.717, 1.165) is 15.6 Å². The smallest absolute Gasteiger partial charge is 0.142 e. The molecule has 3 N–H and O–H groups in total. The third-order valence-electron chi connectivity index (χ3n) is 2.66. The molecular weight excluding hydrogens is 317 g/mol. The molecule has 96 valence electrons. The summed E-state index contributed by atoms with van der Waals surface area (Å²) in [5, 5.41) is 0.943. The first-order valence-corrected chi connectivity index (χ1v) is 6.99. The van der Waals surface area contributed by atoms with Crippen LogP contribution in [0.3, 0.4) is 0 Å². The molecule has 1 unspecified atom stereocenters. The zero-order valence-electron chi connectivity index (χ0n) is 10.00. The standard InChI is InChI=1S/C12H13BrFN3S/c1-6-12(18-7(2)16-6)11(17-15)8-4-3-5-9(13)10(8)14/h3-5,11,17H,15H2,1-2H3. The predicted molar refractivity (Wildman–Crippen MR) is 74.9 cm³/mol. The van der Waals surface area contributed by atoms with E-state index >= 15 is 0 Å². The second kappa shape index (κ2) is 5.44. The lowest BCUT2D eigenvalue weighted by molar-refractivity contribution is 0.558. The lowest BCUT2D eigenvalue weighted by Gasteiger charge is -2.16. The van der Waals surface area contributed by atoms with Crippen molar-refractivity contribution >= 4 is 27.3 Å². The molecular formula is C12H13BrFN3S. The Labute approximate surface area is 117 Å². The number of nitrogens with two attached hydrogens (primary N) is 1. The van der Waals surface area contributed by atoms with Crippen LogP contribution in [0.2, 0.25) is 0 Å². The lowest BCUT2D eigenvalue weighted by atomic mass is 10.0. The van der Waals surface area contributed by atoms with Crippen LogP contribution in [0.1, 0.15) is 27.2 Å². The van der Waals surface area contributed by atoms with Crippen molar-refractivity contribution in [1.29, 1.82) is 0 Å². The number of hydrazine groups is 1. The van der Waals surface area contributed by atoms with Gasteiger partial charge in [-0.05, 0) is 35.8 Å². The maximum atomic E-state index is 14.1. The number of hydrogen-bond donors (Lipinski definition) is 2. The van der Waals surface area contributed by atoms with Crippen LogP contribution in [0.15, 0.2) is 22.7 Å². The van der Waals surface area contributed by atoms with E-state index in [9.17, 15) is 4.39 Å². The molecule has 0 amide bonds. The van der Waals surface area contributed by atoms with Gasteiger partial charge in [-0.25, -0.2) is 14.8 Å². The normalized spacial score (nSPS) is 12.7. The SMILES string of the molecule is Cc1nc(C)c(C(NN)c2cccc(Br)c2F)s1. The van der Waals surface area contributed by atoms with E-state index in [0.29, 0.717) is 10.0 Å². The van der Waals surface area contributed by atoms with Crippen LogP contribution >= 0.6 is 27.3 Å². The van der Waals surface area contributed by atoms with Crippen molar-refractivity contribution in [2.45, 2.75) is 19.9 Å². The van der Waals surface area contributed by atoms with Crippen molar-refractivity contribution < 1.29 is 4.39 Å². The Hall–Kier alpha value is -0.820. The highest BCUT2D eigenvalue weighted by Crippen LogP contribution is 2.32. The van der Waals surface area contributed by atoms with Gasteiger partial charge in [-0.15, -0.1) is 11.3 Å². The van der Waals surface area contributed by atoms with E-state index in [1.165, 1.54) is 11.3 Å². The number of halogens is 2. The van der Waals surface area contributed by atoms with Gasteiger partial charge in [0, 0.05) is 5.56 Å². The van der Waals surface area contributed by atoms with Gasteiger partial charge in [0.1, 0.15) is 5.82 Å². The quantitative estimate of drug-likeness (QED) is 0.671. The zero-order chi connectivity index (χ0) is 13.3. The van der Waals surface area contributed by atoms with Crippen molar-refractivity contribution in [2.24, 2.45) is 5.84 Å². The minimum atomic E-state index is -0.381. The summed E-state index contributed by atoms with van der Waals surface area (Å²) in [6.45, 7) is 3.82. The predicted octanol–water partition coefficient (Wildman–Crippen LogP) is 3.21. The summed E-state index contributed by atoms with van der Waals surface area (Å²) >= 11 is 4.70. The molecule has 0 aliphatic heterocycles. The first-order chi connectivity index (χ1) is 8.54. The van der Waals surface area contributed by atoms with Crippen molar-refractivity contribution in [2.75, 3.05) is 0 Å². The largest absolute Gasteiger partial charge is 0.271 e. The number of aromatic nitrogens is 1. The molecule has 1 aromatic heterocycles. The Morgan fingerprint density at radius 3 is 2.72 bits per heavy atom. The van der Waals surface area contributed by atoms with E-state index in [1.54, 1.807) is 18.2 Å². The van der Waals surface area contributed by atoms with Crippen LogP contribution in [0.25, 0.3) is 0 Å². The first kappa shape index (κ1) is 13.6. The molecule has 6 heteroatoms. The number of aryl methyl sites for hydroxylation is 2. The van der Waals surface area contributed by atoms with Crippen molar-refractivity contribution in [3.63, 3.8) is 0 Å². The molecule has 0 bridgehead atoms. The van der Waals surface area contributed by atoms with Crippen molar-refractivity contribution in [3.8, 4) is 0 Å². The fourth-order valence-corrected chi connectivity index (χ4v) is 3.25. The van der Waals surface area contributed by atoms with Gasteiger partial charge in [-0.2, -0.15) is 0 Å². The topological polar surface area (TPSA) is 50.9 Å². The molecule has 2 rings (SSSR count). The Morgan fingerprint density at radius 1 is 1.44 bits per heavy atom. The van der Waals surface area contributed by atoms with Crippen molar-refractivity contribution in [3.05, 3.63) is 49.6 Å². The van der Waals surface area contributed by atoms with Crippen molar-refractivity contribution in [1.82, 2.24) is 10.4 Å². The highest BCUT2D eigenvalue weighted by Gasteiger charge is 2.22. The molecule has 0 fully saturated rings.